The number of fused-ring (bicyclic) bond motifs is 6. The number of halogens is 2. The largest absolute Gasteiger partial charge is 0.374 e. The van der Waals surface area contributed by atoms with Gasteiger partial charge in [0.25, 0.3) is 12.3 Å². The quantitative estimate of drug-likeness (QED) is 0.119. The van der Waals surface area contributed by atoms with Crippen molar-refractivity contribution in [3.8, 4) is 11.8 Å². The fourth-order valence-electron chi connectivity index (χ4n) is 10.5. The fourth-order valence-corrected chi connectivity index (χ4v) is 10.5. The summed E-state index contributed by atoms with van der Waals surface area (Å²) in [5.41, 5.74) is 2.10. The second-order valence-electron chi connectivity index (χ2n) is 18.0. The first-order chi connectivity index (χ1) is 31.7. The summed E-state index contributed by atoms with van der Waals surface area (Å²) in [4.78, 5) is 47.3. The molecule has 4 saturated heterocycles. The van der Waals surface area contributed by atoms with Crippen molar-refractivity contribution in [3.05, 3.63) is 77.5 Å². The average molecular weight is 887 g/mol. The van der Waals surface area contributed by atoms with Gasteiger partial charge in [-0.05, 0) is 92.3 Å². The van der Waals surface area contributed by atoms with Crippen LogP contribution in [-0.4, -0.2) is 110 Å². The maximum absolute atomic E-state index is 14.3. The molecule has 11 rings (SSSR count). The number of carbonyl (C=O) groups is 3. The molecule has 0 spiro atoms. The van der Waals surface area contributed by atoms with Gasteiger partial charge in [-0.3, -0.25) is 24.4 Å². The van der Waals surface area contributed by atoms with Gasteiger partial charge in [0.15, 0.2) is 16.9 Å². The lowest BCUT2D eigenvalue weighted by atomic mass is 9.85. The number of ether oxygens (including phenoxy) is 2. The highest BCUT2D eigenvalue weighted by Gasteiger charge is 2.40. The maximum Gasteiger partial charge on any atom is 0.284 e. The lowest BCUT2D eigenvalue weighted by molar-refractivity contribution is -0.134. The molecule has 18 heteroatoms. The second kappa shape index (κ2) is 17.3. The second-order valence-corrected chi connectivity index (χ2v) is 18.0. The summed E-state index contributed by atoms with van der Waals surface area (Å²) in [5.74, 6) is 5.92. The van der Waals surface area contributed by atoms with Gasteiger partial charge in [0.05, 0.1) is 54.1 Å². The Bertz CT molecular complexity index is 2870. The number of benzene rings is 2. The van der Waals surface area contributed by atoms with E-state index in [0.29, 0.717) is 42.5 Å². The van der Waals surface area contributed by atoms with Crippen molar-refractivity contribution in [2.24, 2.45) is 5.92 Å². The molecule has 2 N–H and O–H groups in total. The lowest BCUT2D eigenvalue weighted by Gasteiger charge is -2.36. The number of nitrogens with one attached hydrogen (secondary N) is 2. The number of rotatable bonds is 10. The Labute approximate surface area is 371 Å². The Morgan fingerprint density at radius 3 is 2.68 bits per heavy atom. The van der Waals surface area contributed by atoms with E-state index in [0.717, 1.165) is 98.7 Å². The van der Waals surface area contributed by atoms with E-state index in [1.807, 2.05) is 36.4 Å². The number of aromatic nitrogens is 6. The van der Waals surface area contributed by atoms with Crippen LogP contribution in [0.3, 0.4) is 0 Å². The SMILES string of the molecule is O=C1CCC(c2noc3ccc4cc(C#CCOC5CCN(CC6CCC(n7cc(NC(=O)c8cnn9ccc(N%10CC%11CC%10CO%11)nc89)c(C(F)F)n7)CC6)CC5)ccc4c23)C(=O)N1. The minimum absolute atomic E-state index is 0.000735. The van der Waals surface area contributed by atoms with E-state index in [9.17, 15) is 23.2 Å². The van der Waals surface area contributed by atoms with Crippen molar-refractivity contribution < 1.29 is 37.2 Å². The molecule has 65 heavy (non-hydrogen) atoms. The molecule has 1 saturated carbocycles. The molecule has 0 radical (unpaired) electrons. The molecule has 6 aromatic rings. The highest BCUT2D eigenvalue weighted by Crippen LogP contribution is 2.38. The van der Waals surface area contributed by atoms with Crippen LogP contribution >= 0.6 is 0 Å². The Morgan fingerprint density at radius 1 is 1.03 bits per heavy atom. The van der Waals surface area contributed by atoms with Gasteiger partial charge < -0.3 is 29.1 Å². The van der Waals surface area contributed by atoms with E-state index in [1.54, 1.807) is 17.1 Å². The zero-order chi connectivity index (χ0) is 44.2. The van der Waals surface area contributed by atoms with Crippen molar-refractivity contribution >= 4 is 56.6 Å². The van der Waals surface area contributed by atoms with E-state index in [1.165, 1.54) is 10.7 Å². The number of imide groups is 1. The average Bonchev–Trinajstić information content (AvgIpc) is 4.18. The van der Waals surface area contributed by atoms with E-state index in [4.69, 9.17) is 19.0 Å². The zero-order valence-electron chi connectivity index (χ0n) is 35.6. The van der Waals surface area contributed by atoms with Crippen LogP contribution < -0.4 is 15.5 Å². The molecule has 4 aliphatic heterocycles. The van der Waals surface area contributed by atoms with Gasteiger partial charge in [-0.1, -0.05) is 29.1 Å². The van der Waals surface area contributed by atoms with Crippen LogP contribution in [0.4, 0.5) is 20.3 Å². The summed E-state index contributed by atoms with van der Waals surface area (Å²) >= 11 is 0. The minimum atomic E-state index is -2.86. The van der Waals surface area contributed by atoms with E-state index in [2.05, 4.69) is 47.6 Å². The van der Waals surface area contributed by atoms with Gasteiger partial charge in [-0.2, -0.15) is 10.2 Å². The summed E-state index contributed by atoms with van der Waals surface area (Å²) < 4.78 is 49.2. The molecule has 336 valence electrons. The predicted octanol–water partition coefficient (Wildman–Crippen LogP) is 6.17. The Kier molecular flexibility index (Phi) is 11.0. The van der Waals surface area contributed by atoms with Gasteiger partial charge in [0.1, 0.15) is 23.7 Å². The molecular formula is C47H48F2N10O6. The standard InChI is InChI=1S/C47H48F2N10O6/c48-44(49)43-37(51-47(62)36-22-50-58-18-15-39(52-45(36)58)57-24-33-21-31(57)26-64-33)25-59(54-43)30-7-3-28(4-8-30)23-56-16-13-32(14-17-56)63-19-1-2-27-5-9-34-29(20-27)6-11-38-41(34)42(55-65-38)35-10-12-40(60)53-46(35)61/h5-6,9,11,15,18,20,22,25,28,30-33,35,44H,3-4,7-8,10,12-14,16-17,19,21,23-24,26H2,(H,51,62)(H,53,60,61). The Hall–Kier alpha value is -6.29. The topological polar surface area (TPSA) is 174 Å². The third-order valence-corrected chi connectivity index (χ3v) is 13.9. The fraction of sp³-hybridized carbons (Fsp3) is 0.468. The summed E-state index contributed by atoms with van der Waals surface area (Å²) in [6.45, 7) is 4.59. The number of anilines is 2. The third-order valence-electron chi connectivity index (χ3n) is 13.9. The zero-order valence-corrected chi connectivity index (χ0v) is 35.6. The molecule has 8 heterocycles. The highest BCUT2D eigenvalue weighted by atomic mass is 19.3. The van der Waals surface area contributed by atoms with Crippen LogP contribution in [0.25, 0.3) is 27.4 Å². The Balaban J connectivity index is 0.647. The van der Waals surface area contributed by atoms with Crippen LogP contribution in [0.5, 0.6) is 0 Å². The van der Waals surface area contributed by atoms with Gasteiger partial charge in [0.2, 0.25) is 11.8 Å². The molecule has 16 nitrogen and oxygen atoms in total. The van der Waals surface area contributed by atoms with Gasteiger partial charge >= 0.3 is 0 Å². The summed E-state index contributed by atoms with van der Waals surface area (Å²) in [5, 5.41) is 20.6. The molecule has 4 aromatic heterocycles. The number of likely N-dealkylation sites (tertiary alicyclic amines) is 1. The van der Waals surface area contributed by atoms with Crippen LogP contribution in [0.1, 0.15) is 103 Å². The van der Waals surface area contributed by atoms with E-state index in [-0.39, 0.29) is 53.8 Å². The molecule has 3 amide bonds. The van der Waals surface area contributed by atoms with Crippen molar-refractivity contribution in [2.75, 3.05) is 49.6 Å². The third kappa shape index (κ3) is 8.21. The number of morpholine rings is 1. The van der Waals surface area contributed by atoms with Crippen molar-refractivity contribution in [1.82, 2.24) is 39.8 Å². The van der Waals surface area contributed by atoms with Crippen LogP contribution in [0.15, 0.2) is 59.5 Å². The number of nitrogens with zero attached hydrogens (tertiary/aromatic N) is 8. The number of alkyl halides is 2. The number of amides is 3. The van der Waals surface area contributed by atoms with Gasteiger partial charge in [-0.15, -0.1) is 0 Å². The first-order valence-electron chi connectivity index (χ1n) is 22.6. The van der Waals surface area contributed by atoms with Gasteiger partial charge in [-0.25, -0.2) is 18.3 Å². The molecular weight excluding hydrogens is 839 g/mol. The molecule has 3 atom stereocenters. The molecule has 2 aromatic carbocycles. The van der Waals surface area contributed by atoms with Crippen molar-refractivity contribution in [1.29, 1.82) is 0 Å². The molecule has 3 unspecified atom stereocenters. The molecule has 1 aliphatic carbocycles. The number of hydrogen-bond donors (Lipinski definition) is 2. The summed E-state index contributed by atoms with van der Waals surface area (Å²) in [6, 6.07) is 11.8. The monoisotopic (exact) mass is 886 g/mol. The molecule has 5 fully saturated rings. The number of carbonyl (C=O) groups excluding carboxylic acids is 3. The predicted molar refractivity (Wildman–Crippen MR) is 234 cm³/mol. The van der Waals surface area contributed by atoms with Crippen molar-refractivity contribution in [3.63, 3.8) is 0 Å². The number of piperidine rings is 2. The van der Waals surface area contributed by atoms with Crippen LogP contribution in [0.2, 0.25) is 0 Å². The smallest absolute Gasteiger partial charge is 0.284 e. The maximum atomic E-state index is 14.3. The summed E-state index contributed by atoms with van der Waals surface area (Å²) in [7, 11) is 0. The Morgan fingerprint density at radius 2 is 1.89 bits per heavy atom. The van der Waals surface area contributed by atoms with Crippen LogP contribution in [0, 0.1) is 17.8 Å². The summed E-state index contributed by atoms with van der Waals surface area (Å²) in [6.07, 6.45) is 9.20. The normalized spacial score (nSPS) is 24.0. The first-order valence-corrected chi connectivity index (χ1v) is 22.6. The molecule has 2 bridgehead atoms. The van der Waals surface area contributed by atoms with Gasteiger partial charge in [0, 0.05) is 50.6 Å². The number of hydrogen-bond acceptors (Lipinski definition) is 12. The first kappa shape index (κ1) is 41.4. The lowest BCUT2D eigenvalue weighted by Crippen LogP contribution is -2.40. The molecule has 5 aliphatic rings. The van der Waals surface area contributed by atoms with E-state index < -0.39 is 23.9 Å². The van der Waals surface area contributed by atoms with Crippen molar-refractivity contribution in [2.45, 2.75) is 94.4 Å². The van der Waals surface area contributed by atoms with E-state index >= 15 is 0 Å². The van der Waals surface area contributed by atoms with Crippen LogP contribution in [-0.2, 0) is 19.1 Å². The highest BCUT2D eigenvalue weighted by molar-refractivity contribution is 6.10. The minimum Gasteiger partial charge on any atom is -0.374 e.